The average Bonchev–Trinajstić information content (AvgIpc) is 3.36. The summed E-state index contributed by atoms with van der Waals surface area (Å²) < 4.78 is 18.1. The van der Waals surface area contributed by atoms with E-state index >= 15 is 0 Å². The molecule has 0 bridgehead atoms. The highest BCUT2D eigenvalue weighted by Crippen LogP contribution is 2.29. The van der Waals surface area contributed by atoms with Crippen LogP contribution in [0.2, 0.25) is 0 Å². The Labute approximate surface area is 183 Å². The zero-order valence-electron chi connectivity index (χ0n) is 18.5. The van der Waals surface area contributed by atoms with Crippen LogP contribution in [0.15, 0.2) is 60.9 Å². The van der Waals surface area contributed by atoms with E-state index in [2.05, 4.69) is 5.32 Å². The Hall–Kier alpha value is -3.16. The van der Waals surface area contributed by atoms with Crippen LogP contribution in [-0.4, -0.2) is 55.5 Å². The largest absolute Gasteiger partial charge is 0.497 e. The van der Waals surface area contributed by atoms with Crippen LogP contribution < -0.4 is 19.5 Å². The number of hydrogen-bond donors (Lipinski definition) is 2. The third-order valence-corrected chi connectivity index (χ3v) is 5.23. The third kappa shape index (κ3) is 5.51. The summed E-state index contributed by atoms with van der Waals surface area (Å²) in [6.07, 6.45) is 3.23. The quantitative estimate of drug-likeness (QED) is 0.454. The van der Waals surface area contributed by atoms with Crippen molar-refractivity contribution in [3.05, 3.63) is 66.5 Å². The Morgan fingerprint density at radius 2 is 1.58 bits per heavy atom. The number of methoxy groups -OCH3 is 3. The van der Waals surface area contributed by atoms with Gasteiger partial charge in [0.05, 0.1) is 32.7 Å². The number of aromatic nitrogens is 1. The molecular weight excluding hydrogens is 394 g/mol. The van der Waals surface area contributed by atoms with E-state index in [0.717, 1.165) is 22.7 Å². The van der Waals surface area contributed by atoms with Crippen molar-refractivity contribution in [1.29, 1.82) is 0 Å². The summed E-state index contributed by atoms with van der Waals surface area (Å²) in [6, 6.07) is 15.4. The maximum atomic E-state index is 11.0. The molecule has 0 saturated heterocycles. The Kier molecular flexibility index (Phi) is 7.81. The first kappa shape index (κ1) is 22.5. The van der Waals surface area contributed by atoms with Gasteiger partial charge in [0.25, 0.3) is 0 Å². The maximum Gasteiger partial charge on any atom is 0.133 e. The molecule has 3 rings (SSSR count). The minimum Gasteiger partial charge on any atom is -0.497 e. The van der Waals surface area contributed by atoms with Crippen LogP contribution in [0.25, 0.3) is 5.69 Å². The Morgan fingerprint density at radius 3 is 2.16 bits per heavy atom. The SMILES string of the molecule is CCN(CCNc1ccc(OC)cc1-n1cccc1)C(O)c1cc(OC)cc(OC)c1. The molecular formula is C24H31N3O4. The number of aliphatic hydroxyl groups is 1. The molecule has 0 fully saturated rings. The van der Waals surface area contributed by atoms with Crippen LogP contribution in [0.4, 0.5) is 5.69 Å². The van der Waals surface area contributed by atoms with Crippen LogP contribution in [0.3, 0.4) is 0 Å². The van der Waals surface area contributed by atoms with E-state index < -0.39 is 6.23 Å². The van der Waals surface area contributed by atoms with Gasteiger partial charge in [0.15, 0.2) is 0 Å². The van der Waals surface area contributed by atoms with E-state index in [1.54, 1.807) is 27.4 Å². The summed E-state index contributed by atoms with van der Waals surface area (Å²) >= 11 is 0. The molecule has 1 atom stereocenters. The number of ether oxygens (including phenoxy) is 3. The molecule has 1 heterocycles. The normalized spacial score (nSPS) is 11.9. The highest BCUT2D eigenvalue weighted by Gasteiger charge is 2.18. The van der Waals surface area contributed by atoms with Gasteiger partial charge >= 0.3 is 0 Å². The standard InChI is InChI=1S/C24H31N3O4/c1-5-26(24(28)18-14-20(30-3)16-21(15-18)31-4)13-10-25-22-9-8-19(29-2)17-23(22)27-11-6-7-12-27/h6-9,11-12,14-17,24-25,28H,5,10,13H2,1-4H3. The monoisotopic (exact) mass is 425 g/mol. The first-order valence-electron chi connectivity index (χ1n) is 10.3. The molecule has 3 aromatic rings. The molecule has 0 saturated carbocycles. The first-order chi connectivity index (χ1) is 15.1. The lowest BCUT2D eigenvalue weighted by Crippen LogP contribution is -2.33. The van der Waals surface area contributed by atoms with Crippen LogP contribution in [0, 0.1) is 0 Å². The highest BCUT2D eigenvalue weighted by molar-refractivity contribution is 5.63. The van der Waals surface area contributed by atoms with Gasteiger partial charge in [-0.3, -0.25) is 4.90 Å². The van der Waals surface area contributed by atoms with Gasteiger partial charge in [-0.15, -0.1) is 0 Å². The molecule has 7 nitrogen and oxygen atoms in total. The maximum absolute atomic E-state index is 11.0. The summed E-state index contributed by atoms with van der Waals surface area (Å²) in [5, 5.41) is 14.4. The van der Waals surface area contributed by atoms with Gasteiger partial charge in [-0.1, -0.05) is 6.92 Å². The molecule has 0 spiro atoms. The van der Waals surface area contributed by atoms with E-state index in [1.165, 1.54) is 0 Å². The predicted octanol–water partition coefficient (Wildman–Crippen LogP) is 3.93. The Bertz CT molecular complexity index is 937. The number of hydrogen-bond acceptors (Lipinski definition) is 6. The van der Waals surface area contributed by atoms with Crippen molar-refractivity contribution in [2.45, 2.75) is 13.2 Å². The van der Waals surface area contributed by atoms with Crippen LogP contribution in [0.5, 0.6) is 17.2 Å². The molecule has 0 aliphatic heterocycles. The first-order valence-corrected chi connectivity index (χ1v) is 10.3. The molecule has 2 N–H and O–H groups in total. The summed E-state index contributed by atoms with van der Waals surface area (Å²) in [5.41, 5.74) is 2.73. The van der Waals surface area contributed by atoms with Gasteiger partial charge in [-0.2, -0.15) is 0 Å². The Morgan fingerprint density at radius 1 is 0.935 bits per heavy atom. The van der Waals surface area contributed by atoms with E-state index in [-0.39, 0.29) is 0 Å². The number of rotatable bonds is 11. The van der Waals surface area contributed by atoms with Crippen LogP contribution in [0.1, 0.15) is 18.7 Å². The minimum absolute atomic E-state index is 0.647. The van der Waals surface area contributed by atoms with Crippen molar-refractivity contribution in [3.63, 3.8) is 0 Å². The van der Waals surface area contributed by atoms with Gasteiger partial charge in [0.1, 0.15) is 23.5 Å². The van der Waals surface area contributed by atoms with Crippen molar-refractivity contribution >= 4 is 5.69 Å². The zero-order valence-corrected chi connectivity index (χ0v) is 18.5. The predicted molar refractivity (Wildman–Crippen MR) is 123 cm³/mol. The number of anilines is 1. The van der Waals surface area contributed by atoms with Gasteiger partial charge in [-0.05, 0) is 42.9 Å². The Balaban J connectivity index is 1.71. The fraction of sp³-hybridized carbons (Fsp3) is 0.333. The second-order valence-electron chi connectivity index (χ2n) is 7.05. The topological polar surface area (TPSA) is 68.1 Å². The smallest absolute Gasteiger partial charge is 0.133 e. The molecule has 1 unspecified atom stereocenters. The van der Waals surface area contributed by atoms with Crippen molar-refractivity contribution in [2.75, 3.05) is 46.3 Å². The summed E-state index contributed by atoms with van der Waals surface area (Å²) in [4.78, 5) is 1.99. The van der Waals surface area contributed by atoms with Crippen molar-refractivity contribution < 1.29 is 19.3 Å². The number of aliphatic hydroxyl groups excluding tert-OH is 1. The molecule has 7 heteroatoms. The van der Waals surface area contributed by atoms with Crippen molar-refractivity contribution in [2.24, 2.45) is 0 Å². The second kappa shape index (κ2) is 10.7. The van der Waals surface area contributed by atoms with Gasteiger partial charge in [-0.25, -0.2) is 0 Å². The highest BCUT2D eigenvalue weighted by atomic mass is 16.5. The minimum atomic E-state index is -0.768. The van der Waals surface area contributed by atoms with E-state index in [0.29, 0.717) is 31.1 Å². The van der Waals surface area contributed by atoms with E-state index in [1.807, 2.05) is 71.2 Å². The molecule has 31 heavy (non-hydrogen) atoms. The molecule has 166 valence electrons. The number of nitrogens with zero attached hydrogens (tertiary/aromatic N) is 2. The van der Waals surface area contributed by atoms with Gasteiger partial charge in [0.2, 0.25) is 0 Å². The van der Waals surface area contributed by atoms with Crippen LogP contribution in [-0.2, 0) is 0 Å². The average molecular weight is 426 g/mol. The molecule has 0 aliphatic carbocycles. The van der Waals surface area contributed by atoms with E-state index in [4.69, 9.17) is 14.2 Å². The third-order valence-electron chi connectivity index (χ3n) is 5.23. The fourth-order valence-electron chi connectivity index (χ4n) is 3.47. The zero-order chi connectivity index (χ0) is 22.2. The van der Waals surface area contributed by atoms with Gasteiger partial charge < -0.3 is 29.2 Å². The lowest BCUT2D eigenvalue weighted by Gasteiger charge is -2.27. The molecule has 0 aliphatic rings. The lowest BCUT2D eigenvalue weighted by molar-refractivity contribution is 0.00779. The molecule has 0 amide bonds. The summed E-state index contributed by atoms with van der Waals surface area (Å²) in [5.74, 6) is 2.10. The summed E-state index contributed by atoms with van der Waals surface area (Å²) in [6.45, 7) is 4.02. The second-order valence-corrected chi connectivity index (χ2v) is 7.05. The number of benzene rings is 2. The summed E-state index contributed by atoms with van der Waals surface area (Å²) in [7, 11) is 4.86. The lowest BCUT2D eigenvalue weighted by atomic mass is 10.1. The number of nitrogens with one attached hydrogen (secondary N) is 1. The van der Waals surface area contributed by atoms with Crippen molar-refractivity contribution in [3.8, 4) is 22.9 Å². The van der Waals surface area contributed by atoms with Gasteiger partial charge in [0, 0.05) is 43.2 Å². The molecule has 1 aromatic heterocycles. The van der Waals surface area contributed by atoms with Crippen LogP contribution >= 0.6 is 0 Å². The van der Waals surface area contributed by atoms with E-state index in [9.17, 15) is 5.11 Å². The van der Waals surface area contributed by atoms with Crippen molar-refractivity contribution in [1.82, 2.24) is 9.47 Å². The molecule has 2 aromatic carbocycles. The number of likely N-dealkylation sites (N-methyl/N-ethyl adjacent to an activating group) is 1. The fourth-order valence-corrected chi connectivity index (χ4v) is 3.47. The molecule has 0 radical (unpaired) electrons.